The molecule has 1 fully saturated rings. The zero-order valence-electron chi connectivity index (χ0n) is 16.9. The molecule has 1 aliphatic heterocycles. The SMILES string of the molecule is CN1CCc2nc(C(=O)N[C@@H]3C[C@@H](c4ncno4)CC[C@@H]3NC(=O)C(N)=O)sc2C1.Cl. The first kappa shape index (κ1) is 23.1. The smallest absolute Gasteiger partial charge is 0.309 e. The highest BCUT2D eigenvalue weighted by Crippen LogP contribution is 2.32. The highest BCUT2D eigenvalue weighted by molar-refractivity contribution is 7.13. The van der Waals surface area contributed by atoms with Crippen LogP contribution in [0.25, 0.3) is 0 Å². The summed E-state index contributed by atoms with van der Waals surface area (Å²) in [5.41, 5.74) is 6.05. The molecule has 4 rings (SSSR count). The van der Waals surface area contributed by atoms with Crippen LogP contribution in [-0.4, -0.2) is 63.4 Å². The van der Waals surface area contributed by atoms with E-state index in [1.54, 1.807) is 0 Å². The van der Waals surface area contributed by atoms with E-state index in [0.29, 0.717) is 30.2 Å². The zero-order chi connectivity index (χ0) is 21.3. The number of nitrogens with two attached hydrogens (primary N) is 1. The Kier molecular flexibility index (Phi) is 7.23. The Labute approximate surface area is 188 Å². The summed E-state index contributed by atoms with van der Waals surface area (Å²) >= 11 is 1.39. The number of hydrogen-bond donors (Lipinski definition) is 3. The molecule has 4 N–H and O–H groups in total. The first-order chi connectivity index (χ1) is 14.4. The summed E-state index contributed by atoms with van der Waals surface area (Å²) in [5.74, 6) is -1.80. The summed E-state index contributed by atoms with van der Waals surface area (Å²) in [6, 6.07) is -0.871. The van der Waals surface area contributed by atoms with Gasteiger partial charge in [-0.15, -0.1) is 23.7 Å². The standard InChI is InChI=1S/C18H23N7O4S.ClH/c1-25-5-4-11-13(7-25)30-18(24-11)16(28)23-12-6-9(17-20-8-21-29-17)2-3-10(12)22-15(27)14(19)26;/h8-10,12H,2-7H2,1H3,(H2,19,26)(H,22,27)(H,23,28);1H/t9-,10-,12+;/m0./s1. The summed E-state index contributed by atoms with van der Waals surface area (Å²) in [6.45, 7) is 1.69. The van der Waals surface area contributed by atoms with E-state index < -0.39 is 23.9 Å². The summed E-state index contributed by atoms with van der Waals surface area (Å²) in [4.78, 5) is 47.9. The van der Waals surface area contributed by atoms with Crippen molar-refractivity contribution in [3.05, 3.63) is 27.8 Å². The van der Waals surface area contributed by atoms with Crippen molar-refractivity contribution in [2.45, 2.75) is 50.2 Å². The Morgan fingerprint density at radius 2 is 2.06 bits per heavy atom. The predicted octanol–water partition coefficient (Wildman–Crippen LogP) is -0.0280. The molecule has 11 nitrogen and oxygen atoms in total. The summed E-state index contributed by atoms with van der Waals surface area (Å²) in [5, 5.41) is 9.65. The average molecular weight is 470 g/mol. The molecule has 2 aromatic heterocycles. The first-order valence-electron chi connectivity index (χ1n) is 9.75. The van der Waals surface area contributed by atoms with Gasteiger partial charge in [-0.3, -0.25) is 14.4 Å². The van der Waals surface area contributed by atoms with Crippen LogP contribution in [0.3, 0.4) is 0 Å². The zero-order valence-corrected chi connectivity index (χ0v) is 18.5. The number of aromatic nitrogens is 3. The fraction of sp³-hybridized carbons (Fsp3) is 0.556. The minimum absolute atomic E-state index is 0. The van der Waals surface area contributed by atoms with E-state index in [2.05, 4.69) is 30.7 Å². The Morgan fingerprint density at radius 1 is 1.26 bits per heavy atom. The average Bonchev–Trinajstić information content (AvgIpc) is 3.38. The topological polar surface area (TPSA) is 156 Å². The van der Waals surface area contributed by atoms with Crippen molar-refractivity contribution < 1.29 is 18.9 Å². The molecule has 1 saturated carbocycles. The third kappa shape index (κ3) is 5.20. The van der Waals surface area contributed by atoms with E-state index in [1.807, 2.05) is 7.05 Å². The van der Waals surface area contributed by atoms with Gasteiger partial charge in [-0.05, 0) is 26.3 Å². The molecule has 13 heteroatoms. The molecule has 0 saturated heterocycles. The highest BCUT2D eigenvalue weighted by Gasteiger charge is 2.36. The van der Waals surface area contributed by atoms with Crippen molar-refractivity contribution in [2.75, 3.05) is 13.6 Å². The van der Waals surface area contributed by atoms with Crippen molar-refractivity contribution >= 4 is 41.5 Å². The highest BCUT2D eigenvalue weighted by atomic mass is 35.5. The van der Waals surface area contributed by atoms with Crippen molar-refractivity contribution in [3.8, 4) is 0 Å². The van der Waals surface area contributed by atoms with Gasteiger partial charge in [0.15, 0.2) is 11.3 Å². The fourth-order valence-electron chi connectivity index (χ4n) is 3.98. The Morgan fingerprint density at radius 3 is 2.77 bits per heavy atom. The van der Waals surface area contributed by atoms with Crippen molar-refractivity contribution in [2.24, 2.45) is 5.73 Å². The minimum Gasteiger partial charge on any atom is -0.361 e. The van der Waals surface area contributed by atoms with Gasteiger partial charge >= 0.3 is 11.8 Å². The number of amides is 3. The van der Waals surface area contributed by atoms with Gasteiger partial charge in [0, 0.05) is 36.3 Å². The van der Waals surface area contributed by atoms with Crippen LogP contribution in [0.1, 0.15) is 51.4 Å². The van der Waals surface area contributed by atoms with Gasteiger partial charge in [-0.1, -0.05) is 5.16 Å². The number of fused-ring (bicyclic) bond motifs is 1. The molecule has 31 heavy (non-hydrogen) atoms. The van der Waals surface area contributed by atoms with E-state index >= 15 is 0 Å². The van der Waals surface area contributed by atoms with E-state index in [4.69, 9.17) is 10.3 Å². The molecule has 0 radical (unpaired) electrons. The lowest BCUT2D eigenvalue weighted by atomic mass is 9.82. The number of nitrogens with zero attached hydrogens (tertiary/aromatic N) is 4. The molecule has 2 aromatic rings. The van der Waals surface area contributed by atoms with Crippen LogP contribution in [0.2, 0.25) is 0 Å². The maximum absolute atomic E-state index is 12.9. The van der Waals surface area contributed by atoms with E-state index in [-0.39, 0.29) is 24.2 Å². The lowest BCUT2D eigenvalue weighted by Crippen LogP contribution is -2.56. The number of carbonyl (C=O) groups is 3. The number of likely N-dealkylation sites (N-methyl/N-ethyl adjacent to an activating group) is 1. The second-order valence-corrected chi connectivity index (χ2v) is 8.77. The number of carbonyl (C=O) groups excluding carboxylic acids is 3. The van der Waals surface area contributed by atoms with Gasteiger partial charge < -0.3 is 25.8 Å². The molecule has 0 unspecified atom stereocenters. The van der Waals surface area contributed by atoms with Crippen LogP contribution in [0.4, 0.5) is 0 Å². The van der Waals surface area contributed by atoms with Crippen LogP contribution in [0, 0.1) is 0 Å². The molecule has 168 valence electrons. The maximum atomic E-state index is 12.9. The van der Waals surface area contributed by atoms with E-state index in [1.165, 1.54) is 17.7 Å². The largest absolute Gasteiger partial charge is 0.361 e. The van der Waals surface area contributed by atoms with Crippen molar-refractivity contribution in [3.63, 3.8) is 0 Å². The van der Waals surface area contributed by atoms with Gasteiger partial charge in [0.25, 0.3) is 5.91 Å². The van der Waals surface area contributed by atoms with Gasteiger partial charge in [0.2, 0.25) is 5.89 Å². The summed E-state index contributed by atoms with van der Waals surface area (Å²) in [6.07, 6.45) is 3.81. The fourth-order valence-corrected chi connectivity index (χ4v) is 5.07. The number of rotatable bonds is 4. The normalized spacial score (nSPS) is 23.3. The lowest BCUT2D eigenvalue weighted by Gasteiger charge is -2.35. The molecule has 0 bridgehead atoms. The Bertz CT molecular complexity index is 951. The Balaban J connectivity index is 0.00000272. The first-order valence-corrected chi connectivity index (χ1v) is 10.6. The van der Waals surface area contributed by atoms with Crippen LogP contribution in [0.5, 0.6) is 0 Å². The molecular formula is C18H24ClN7O4S. The molecule has 1 aliphatic carbocycles. The number of halogens is 1. The van der Waals surface area contributed by atoms with Crippen LogP contribution < -0.4 is 16.4 Å². The monoisotopic (exact) mass is 469 g/mol. The third-order valence-electron chi connectivity index (χ3n) is 5.55. The maximum Gasteiger partial charge on any atom is 0.309 e. The minimum atomic E-state index is -1.06. The summed E-state index contributed by atoms with van der Waals surface area (Å²) < 4.78 is 5.18. The molecule has 0 aromatic carbocycles. The predicted molar refractivity (Wildman–Crippen MR) is 113 cm³/mol. The van der Waals surface area contributed by atoms with Gasteiger partial charge in [-0.25, -0.2) is 4.98 Å². The number of thiazole rings is 1. The van der Waals surface area contributed by atoms with Crippen molar-refractivity contribution in [1.29, 1.82) is 0 Å². The second-order valence-electron chi connectivity index (χ2n) is 7.69. The molecule has 2 aliphatic rings. The number of nitrogens with one attached hydrogen (secondary N) is 2. The second kappa shape index (κ2) is 9.71. The molecular weight excluding hydrogens is 446 g/mol. The molecule has 3 amide bonds. The number of hydrogen-bond acceptors (Lipinski definition) is 9. The number of primary amides is 1. The van der Waals surface area contributed by atoms with E-state index in [9.17, 15) is 14.4 Å². The summed E-state index contributed by atoms with van der Waals surface area (Å²) in [7, 11) is 2.04. The van der Waals surface area contributed by atoms with Crippen LogP contribution in [-0.2, 0) is 22.6 Å². The quantitative estimate of drug-likeness (QED) is 0.527. The molecule has 3 heterocycles. The van der Waals surface area contributed by atoms with Crippen LogP contribution >= 0.6 is 23.7 Å². The van der Waals surface area contributed by atoms with Gasteiger partial charge in [0.1, 0.15) is 0 Å². The lowest BCUT2D eigenvalue weighted by molar-refractivity contribution is -0.138. The van der Waals surface area contributed by atoms with Crippen molar-refractivity contribution in [1.82, 2.24) is 30.7 Å². The van der Waals surface area contributed by atoms with Crippen LogP contribution in [0.15, 0.2) is 10.9 Å². The Hall–Kier alpha value is -2.57. The molecule has 0 spiro atoms. The molecule has 3 atom stereocenters. The van der Waals surface area contributed by atoms with Gasteiger partial charge in [-0.2, -0.15) is 4.98 Å². The third-order valence-corrected chi connectivity index (χ3v) is 6.63. The van der Waals surface area contributed by atoms with Gasteiger partial charge in [0.05, 0.1) is 11.7 Å². The van der Waals surface area contributed by atoms with E-state index in [0.717, 1.165) is 30.1 Å².